The summed E-state index contributed by atoms with van der Waals surface area (Å²) in [6.45, 7) is 0. The van der Waals surface area contributed by atoms with E-state index in [9.17, 15) is 18.5 Å². The summed E-state index contributed by atoms with van der Waals surface area (Å²) < 4.78 is 27.7. The zero-order valence-electron chi connectivity index (χ0n) is 15.6. The SMILES string of the molecule is O=[N+]([O-])c1ccc(S(=O)(=O)N2O[C@H](c3ccccc3)C[C@@H]2c2ccc(Cl)cc2)cc1. The summed E-state index contributed by atoms with van der Waals surface area (Å²) in [4.78, 5) is 16.2. The van der Waals surface area contributed by atoms with Crippen LogP contribution in [0.4, 0.5) is 5.69 Å². The van der Waals surface area contributed by atoms with Crippen molar-refractivity contribution in [2.75, 3.05) is 0 Å². The Labute approximate surface area is 178 Å². The lowest BCUT2D eigenvalue weighted by Crippen LogP contribution is -2.29. The number of nitro groups is 1. The van der Waals surface area contributed by atoms with Gasteiger partial charge in [-0.25, -0.2) is 8.42 Å². The van der Waals surface area contributed by atoms with Gasteiger partial charge in [-0.3, -0.25) is 15.0 Å². The molecule has 0 amide bonds. The van der Waals surface area contributed by atoms with E-state index in [0.717, 1.165) is 27.7 Å². The molecule has 9 heteroatoms. The number of hydrogen-bond donors (Lipinski definition) is 0. The molecular weight excluding hydrogens is 428 g/mol. The first-order valence-electron chi connectivity index (χ1n) is 9.12. The largest absolute Gasteiger partial charge is 0.275 e. The summed E-state index contributed by atoms with van der Waals surface area (Å²) in [6, 6.07) is 20.5. The smallest absolute Gasteiger partial charge is 0.269 e. The molecule has 0 bridgehead atoms. The predicted octanol–water partition coefficient (Wildman–Crippen LogP) is 5.06. The highest BCUT2D eigenvalue weighted by Gasteiger charge is 2.43. The third kappa shape index (κ3) is 3.95. The van der Waals surface area contributed by atoms with Gasteiger partial charge in [-0.2, -0.15) is 0 Å². The summed E-state index contributed by atoms with van der Waals surface area (Å²) in [5.41, 5.74) is 1.41. The van der Waals surface area contributed by atoms with Gasteiger partial charge in [0, 0.05) is 23.6 Å². The van der Waals surface area contributed by atoms with Crippen LogP contribution >= 0.6 is 11.6 Å². The van der Waals surface area contributed by atoms with E-state index in [1.807, 2.05) is 30.3 Å². The van der Waals surface area contributed by atoms with Gasteiger partial charge in [0.15, 0.2) is 0 Å². The maximum Gasteiger partial charge on any atom is 0.269 e. The van der Waals surface area contributed by atoms with Crippen LogP contribution in [0.2, 0.25) is 5.02 Å². The van der Waals surface area contributed by atoms with E-state index in [1.165, 1.54) is 12.1 Å². The number of rotatable bonds is 5. The van der Waals surface area contributed by atoms with E-state index in [-0.39, 0.29) is 10.6 Å². The third-order valence-corrected chi connectivity index (χ3v) is 6.87. The Hall–Kier alpha value is -2.78. The summed E-state index contributed by atoms with van der Waals surface area (Å²) in [5.74, 6) is 0. The summed E-state index contributed by atoms with van der Waals surface area (Å²) in [6.07, 6.45) is -0.0441. The number of non-ortho nitro benzene ring substituents is 1. The molecule has 3 aromatic carbocycles. The summed E-state index contributed by atoms with van der Waals surface area (Å²) in [7, 11) is -4.07. The molecule has 4 rings (SSSR count). The van der Waals surface area contributed by atoms with Crippen molar-refractivity contribution in [3.8, 4) is 0 Å². The molecule has 0 unspecified atom stereocenters. The Kier molecular flexibility index (Phi) is 5.57. The van der Waals surface area contributed by atoms with Crippen molar-refractivity contribution in [2.24, 2.45) is 0 Å². The van der Waals surface area contributed by atoms with Crippen molar-refractivity contribution in [3.63, 3.8) is 0 Å². The van der Waals surface area contributed by atoms with Crippen molar-refractivity contribution in [3.05, 3.63) is 105 Å². The van der Waals surface area contributed by atoms with E-state index in [0.29, 0.717) is 11.4 Å². The zero-order chi connectivity index (χ0) is 21.3. The number of nitro benzene ring substituents is 1. The van der Waals surface area contributed by atoms with Crippen molar-refractivity contribution in [1.29, 1.82) is 0 Å². The number of sulfonamides is 1. The molecule has 0 aromatic heterocycles. The molecule has 154 valence electrons. The van der Waals surface area contributed by atoms with E-state index in [1.54, 1.807) is 24.3 Å². The number of hydrogen-bond acceptors (Lipinski definition) is 5. The van der Waals surface area contributed by atoms with Crippen LogP contribution in [0.3, 0.4) is 0 Å². The molecule has 7 nitrogen and oxygen atoms in total. The van der Waals surface area contributed by atoms with Crippen LogP contribution in [0.25, 0.3) is 0 Å². The first-order valence-corrected chi connectivity index (χ1v) is 10.9. The monoisotopic (exact) mass is 444 g/mol. The highest BCUT2D eigenvalue weighted by molar-refractivity contribution is 7.89. The Morgan fingerprint density at radius 3 is 2.17 bits per heavy atom. The Morgan fingerprint density at radius 2 is 1.57 bits per heavy atom. The average molecular weight is 445 g/mol. The first-order chi connectivity index (χ1) is 14.4. The molecule has 2 atom stereocenters. The van der Waals surface area contributed by atoms with Gasteiger partial charge in [0.05, 0.1) is 15.9 Å². The van der Waals surface area contributed by atoms with Crippen molar-refractivity contribution < 1.29 is 18.2 Å². The lowest BCUT2D eigenvalue weighted by molar-refractivity contribution is -0.384. The van der Waals surface area contributed by atoms with Gasteiger partial charge in [0.2, 0.25) is 0 Å². The quantitative estimate of drug-likeness (QED) is 0.405. The maximum absolute atomic E-state index is 13.3. The van der Waals surface area contributed by atoms with Gasteiger partial charge < -0.3 is 0 Å². The fraction of sp³-hybridized carbons (Fsp3) is 0.143. The van der Waals surface area contributed by atoms with Crippen LogP contribution in [0.15, 0.2) is 83.8 Å². The topological polar surface area (TPSA) is 89.8 Å². The van der Waals surface area contributed by atoms with Crippen LogP contribution in [-0.4, -0.2) is 17.8 Å². The lowest BCUT2D eigenvalue weighted by atomic mass is 9.99. The number of nitrogens with zero attached hydrogens (tertiary/aromatic N) is 2. The molecule has 0 spiro atoms. The molecule has 30 heavy (non-hydrogen) atoms. The maximum atomic E-state index is 13.3. The lowest BCUT2D eigenvalue weighted by Gasteiger charge is -2.22. The number of benzene rings is 3. The zero-order valence-corrected chi connectivity index (χ0v) is 17.2. The molecule has 0 saturated carbocycles. The molecule has 1 aliphatic rings. The second-order valence-corrected chi connectivity index (χ2v) is 9.04. The minimum absolute atomic E-state index is 0.0826. The molecule has 1 heterocycles. The van der Waals surface area contributed by atoms with Crippen LogP contribution < -0.4 is 0 Å². The van der Waals surface area contributed by atoms with Crippen LogP contribution in [0.5, 0.6) is 0 Å². The molecule has 0 aliphatic carbocycles. The van der Waals surface area contributed by atoms with Gasteiger partial charge in [-0.15, -0.1) is 0 Å². The molecule has 1 aliphatic heterocycles. The molecule has 0 radical (unpaired) electrons. The normalized spacial score (nSPS) is 19.6. The number of halogens is 1. The van der Waals surface area contributed by atoms with Crippen molar-refractivity contribution in [1.82, 2.24) is 4.47 Å². The summed E-state index contributed by atoms with van der Waals surface area (Å²) in [5, 5.41) is 11.4. The van der Waals surface area contributed by atoms with Crippen LogP contribution in [0, 0.1) is 10.1 Å². The molecular formula is C21H17ClN2O5S. The third-order valence-electron chi connectivity index (χ3n) is 4.93. The molecule has 1 saturated heterocycles. The van der Waals surface area contributed by atoms with Crippen LogP contribution in [0.1, 0.15) is 29.7 Å². The first kappa shape index (κ1) is 20.5. The number of hydroxylamine groups is 1. The minimum Gasteiger partial charge on any atom is -0.275 e. The highest BCUT2D eigenvalue weighted by Crippen LogP contribution is 2.44. The van der Waals surface area contributed by atoms with Crippen molar-refractivity contribution >= 4 is 27.3 Å². The summed E-state index contributed by atoms with van der Waals surface area (Å²) >= 11 is 5.99. The van der Waals surface area contributed by atoms with Gasteiger partial charge in [0.1, 0.15) is 6.10 Å². The Balaban J connectivity index is 1.73. The Bertz CT molecular complexity index is 1150. The fourth-order valence-corrected chi connectivity index (χ4v) is 4.98. The van der Waals surface area contributed by atoms with E-state index in [4.69, 9.17) is 16.4 Å². The van der Waals surface area contributed by atoms with E-state index < -0.39 is 27.1 Å². The second kappa shape index (κ2) is 8.16. The standard InChI is InChI=1S/C21H17ClN2O5S/c22-17-8-6-15(7-9-17)20-14-21(16-4-2-1-3-5-16)29-24(20)30(27,28)19-12-10-18(11-13-19)23(25)26/h1-13,20-21H,14H2/t20-,21+/m1/s1. The van der Waals surface area contributed by atoms with Gasteiger partial charge in [-0.1, -0.05) is 58.5 Å². The fourth-order valence-electron chi connectivity index (χ4n) is 3.41. The Morgan fingerprint density at radius 1 is 0.933 bits per heavy atom. The molecule has 1 fully saturated rings. The van der Waals surface area contributed by atoms with E-state index in [2.05, 4.69) is 0 Å². The average Bonchev–Trinajstić information content (AvgIpc) is 3.21. The highest BCUT2D eigenvalue weighted by atomic mass is 35.5. The predicted molar refractivity (Wildman–Crippen MR) is 111 cm³/mol. The van der Waals surface area contributed by atoms with E-state index >= 15 is 0 Å². The molecule has 3 aromatic rings. The molecule has 0 N–H and O–H groups in total. The van der Waals surface area contributed by atoms with Gasteiger partial charge >= 0.3 is 0 Å². The van der Waals surface area contributed by atoms with Gasteiger partial charge in [-0.05, 0) is 35.4 Å². The van der Waals surface area contributed by atoms with Crippen molar-refractivity contribution in [2.45, 2.75) is 23.5 Å². The minimum atomic E-state index is -4.07. The second-order valence-electron chi connectivity index (χ2n) is 6.82. The van der Waals surface area contributed by atoms with Gasteiger partial charge in [0.25, 0.3) is 15.7 Å². The van der Waals surface area contributed by atoms with Crippen LogP contribution in [-0.2, 0) is 14.9 Å².